The van der Waals surface area contributed by atoms with Crippen LogP contribution in [-0.4, -0.2) is 50.6 Å². The lowest BCUT2D eigenvalue weighted by Gasteiger charge is -2.35. The summed E-state index contributed by atoms with van der Waals surface area (Å²) in [5.41, 5.74) is 2.07. The predicted octanol–water partition coefficient (Wildman–Crippen LogP) is 3.50. The smallest absolute Gasteiger partial charge is 0.231 e. The Morgan fingerprint density at radius 1 is 1.13 bits per heavy atom. The lowest BCUT2D eigenvalue weighted by atomic mass is 9.91. The largest absolute Gasteiger partial charge is 0.345 e. The van der Waals surface area contributed by atoms with Gasteiger partial charge >= 0.3 is 0 Å². The minimum atomic E-state index is -0.956. The van der Waals surface area contributed by atoms with Gasteiger partial charge in [0.1, 0.15) is 12.4 Å². The molecule has 38 heavy (non-hydrogen) atoms. The Hall–Kier alpha value is -4.73. The van der Waals surface area contributed by atoms with Crippen LogP contribution in [0.15, 0.2) is 61.1 Å². The number of nitrogens with one attached hydrogen (secondary N) is 3. The molecule has 1 amide bonds. The predicted molar refractivity (Wildman–Crippen MR) is 134 cm³/mol. The lowest BCUT2D eigenvalue weighted by Crippen LogP contribution is -2.48. The van der Waals surface area contributed by atoms with Crippen LogP contribution in [0.4, 0.5) is 16.0 Å². The SMILES string of the molecule is CC1(C(=O)NCC#N)COC(c2nc(-c3ccc(F)cc3)c(-c3ccnc(Nc4ccncc4)n3)[nH]2)OC1. The number of imidazole rings is 1. The number of anilines is 2. The van der Waals surface area contributed by atoms with Gasteiger partial charge in [-0.2, -0.15) is 5.26 Å². The summed E-state index contributed by atoms with van der Waals surface area (Å²) in [5, 5.41) is 14.4. The van der Waals surface area contributed by atoms with Crippen LogP contribution in [0.5, 0.6) is 0 Å². The van der Waals surface area contributed by atoms with E-state index in [1.807, 2.05) is 6.07 Å². The first kappa shape index (κ1) is 24.9. The quantitative estimate of drug-likeness (QED) is 0.315. The van der Waals surface area contributed by atoms with E-state index >= 15 is 0 Å². The molecule has 0 spiro atoms. The Labute approximate surface area is 217 Å². The van der Waals surface area contributed by atoms with Gasteiger partial charge in [-0.15, -0.1) is 0 Å². The van der Waals surface area contributed by atoms with Crippen molar-refractivity contribution in [3.8, 4) is 28.7 Å². The molecule has 4 aromatic rings. The maximum atomic E-state index is 13.6. The van der Waals surface area contributed by atoms with Gasteiger partial charge in [0.2, 0.25) is 18.1 Å². The normalized spacial score (nSPS) is 18.9. The molecule has 1 aromatic carbocycles. The van der Waals surface area contributed by atoms with Gasteiger partial charge in [-0.25, -0.2) is 19.3 Å². The molecule has 0 aliphatic carbocycles. The van der Waals surface area contributed by atoms with E-state index in [1.54, 1.807) is 55.8 Å². The van der Waals surface area contributed by atoms with Crippen molar-refractivity contribution >= 4 is 17.5 Å². The third kappa shape index (κ3) is 5.34. The fraction of sp³-hybridized carbons (Fsp3) is 0.231. The van der Waals surface area contributed by atoms with Gasteiger partial charge < -0.3 is 25.1 Å². The fourth-order valence-electron chi connectivity index (χ4n) is 3.86. The standard InChI is InChI=1S/C26H23FN8O3/c1-26(24(36)30-13-9-28)14-37-23(38-15-26)22-34-20(16-2-4-17(27)5-3-16)21(35-22)19-8-12-31-25(33-19)32-18-6-10-29-11-7-18/h2-8,10-12,23H,13-15H2,1H3,(H,30,36)(H,34,35)(H,29,31,32,33). The Balaban J connectivity index is 1.45. The van der Waals surface area contributed by atoms with Crippen molar-refractivity contribution in [2.45, 2.75) is 13.2 Å². The number of pyridine rings is 1. The summed E-state index contributed by atoms with van der Waals surface area (Å²) >= 11 is 0. The van der Waals surface area contributed by atoms with Crippen LogP contribution in [0, 0.1) is 22.6 Å². The van der Waals surface area contributed by atoms with E-state index in [4.69, 9.17) is 19.7 Å². The summed E-state index contributed by atoms with van der Waals surface area (Å²) in [6.45, 7) is 1.72. The van der Waals surface area contributed by atoms with E-state index in [2.05, 4.69) is 30.6 Å². The third-order valence-electron chi connectivity index (χ3n) is 5.89. The molecule has 4 heterocycles. The second-order valence-corrected chi connectivity index (χ2v) is 8.83. The number of aromatic nitrogens is 5. The maximum absolute atomic E-state index is 13.6. The second kappa shape index (κ2) is 10.7. The number of nitrogens with zero attached hydrogens (tertiary/aromatic N) is 5. The number of carbonyl (C=O) groups is 1. The van der Waals surface area contributed by atoms with Crippen molar-refractivity contribution in [3.63, 3.8) is 0 Å². The van der Waals surface area contributed by atoms with Gasteiger partial charge in [0.25, 0.3) is 0 Å². The second-order valence-electron chi connectivity index (χ2n) is 8.83. The molecular formula is C26H23FN8O3. The number of ether oxygens (including phenoxy) is 2. The summed E-state index contributed by atoms with van der Waals surface area (Å²) in [4.78, 5) is 33.3. The summed E-state index contributed by atoms with van der Waals surface area (Å²) in [5.74, 6) is 0.0185. The van der Waals surface area contributed by atoms with Crippen LogP contribution in [-0.2, 0) is 14.3 Å². The molecule has 0 bridgehead atoms. The summed E-state index contributed by atoms with van der Waals surface area (Å²) < 4.78 is 25.4. The highest BCUT2D eigenvalue weighted by Gasteiger charge is 2.40. The number of hydrogen-bond acceptors (Lipinski definition) is 9. The van der Waals surface area contributed by atoms with Crippen molar-refractivity contribution < 1.29 is 18.7 Å². The van der Waals surface area contributed by atoms with E-state index < -0.39 is 11.7 Å². The van der Waals surface area contributed by atoms with Crippen LogP contribution >= 0.6 is 0 Å². The Morgan fingerprint density at radius 3 is 2.58 bits per heavy atom. The van der Waals surface area contributed by atoms with Crippen molar-refractivity contribution in [3.05, 3.63) is 72.7 Å². The molecule has 3 N–H and O–H groups in total. The van der Waals surface area contributed by atoms with Gasteiger partial charge in [0, 0.05) is 29.8 Å². The van der Waals surface area contributed by atoms with E-state index in [0.29, 0.717) is 34.4 Å². The molecule has 0 atom stereocenters. The molecule has 1 aliphatic heterocycles. The number of nitriles is 1. The van der Waals surface area contributed by atoms with Gasteiger partial charge in [0.15, 0.2) is 5.82 Å². The average Bonchev–Trinajstić information content (AvgIpc) is 3.39. The number of carbonyl (C=O) groups excluding carboxylic acids is 1. The first-order valence-electron chi connectivity index (χ1n) is 11.7. The molecule has 0 unspecified atom stereocenters. The number of halogens is 1. The zero-order valence-corrected chi connectivity index (χ0v) is 20.3. The highest BCUT2D eigenvalue weighted by atomic mass is 19.1. The molecule has 0 radical (unpaired) electrons. The number of hydrogen-bond donors (Lipinski definition) is 3. The molecule has 5 rings (SSSR count). The van der Waals surface area contributed by atoms with Crippen LogP contribution in [0.2, 0.25) is 0 Å². The summed E-state index contributed by atoms with van der Waals surface area (Å²) in [6, 6.07) is 13.1. The van der Waals surface area contributed by atoms with E-state index in [9.17, 15) is 9.18 Å². The topological polar surface area (TPSA) is 151 Å². The van der Waals surface area contributed by atoms with E-state index in [0.717, 1.165) is 5.69 Å². The summed E-state index contributed by atoms with van der Waals surface area (Å²) in [7, 11) is 0. The zero-order valence-electron chi connectivity index (χ0n) is 20.3. The Morgan fingerprint density at radius 2 is 1.87 bits per heavy atom. The molecule has 1 saturated heterocycles. The highest BCUT2D eigenvalue weighted by molar-refractivity contribution is 5.83. The Kier molecular flexibility index (Phi) is 7.03. The fourth-order valence-corrected chi connectivity index (χ4v) is 3.86. The molecule has 192 valence electrons. The van der Waals surface area contributed by atoms with Gasteiger partial charge in [-0.05, 0) is 49.4 Å². The van der Waals surface area contributed by atoms with Gasteiger partial charge in [0.05, 0.1) is 41.8 Å². The van der Waals surface area contributed by atoms with E-state index in [-0.39, 0.29) is 31.5 Å². The Bertz CT molecular complexity index is 1460. The molecule has 3 aromatic heterocycles. The minimum Gasteiger partial charge on any atom is -0.345 e. The monoisotopic (exact) mass is 514 g/mol. The zero-order chi connectivity index (χ0) is 26.5. The highest BCUT2D eigenvalue weighted by Crippen LogP contribution is 2.35. The molecule has 11 nitrogen and oxygen atoms in total. The molecule has 0 saturated carbocycles. The first-order valence-corrected chi connectivity index (χ1v) is 11.7. The molecule has 12 heteroatoms. The maximum Gasteiger partial charge on any atom is 0.231 e. The average molecular weight is 515 g/mol. The first-order chi connectivity index (χ1) is 18.4. The molecule has 1 fully saturated rings. The minimum absolute atomic E-state index is 0.0599. The van der Waals surface area contributed by atoms with Crippen LogP contribution in [0.25, 0.3) is 22.6 Å². The summed E-state index contributed by atoms with van der Waals surface area (Å²) in [6.07, 6.45) is 4.04. The molecule has 1 aliphatic rings. The number of H-pyrrole nitrogens is 1. The number of aromatic amines is 1. The van der Waals surface area contributed by atoms with Crippen LogP contribution in [0.3, 0.4) is 0 Å². The number of amides is 1. The van der Waals surface area contributed by atoms with Gasteiger partial charge in [-0.3, -0.25) is 9.78 Å². The van der Waals surface area contributed by atoms with Crippen LogP contribution < -0.4 is 10.6 Å². The van der Waals surface area contributed by atoms with Crippen molar-refractivity contribution in [2.75, 3.05) is 25.1 Å². The number of rotatable bonds is 7. The lowest BCUT2D eigenvalue weighted by molar-refractivity contribution is -0.230. The number of benzene rings is 1. The van der Waals surface area contributed by atoms with Gasteiger partial charge in [-0.1, -0.05) is 0 Å². The van der Waals surface area contributed by atoms with Crippen molar-refractivity contribution in [2.24, 2.45) is 5.41 Å². The van der Waals surface area contributed by atoms with Crippen LogP contribution in [0.1, 0.15) is 19.0 Å². The van der Waals surface area contributed by atoms with Crippen molar-refractivity contribution in [1.29, 1.82) is 5.26 Å². The van der Waals surface area contributed by atoms with E-state index in [1.165, 1.54) is 12.1 Å². The molecular weight excluding hydrogens is 491 g/mol. The van der Waals surface area contributed by atoms with Crippen molar-refractivity contribution in [1.82, 2.24) is 30.2 Å². The third-order valence-corrected chi connectivity index (χ3v) is 5.89.